The second kappa shape index (κ2) is 17.6. The minimum absolute atomic E-state index is 0.483. The van der Waals surface area contributed by atoms with Crippen molar-refractivity contribution in [1.82, 2.24) is 0 Å². The Morgan fingerprint density at radius 2 is 0.632 bits per heavy atom. The lowest BCUT2D eigenvalue weighted by Gasteiger charge is -2.34. The van der Waals surface area contributed by atoms with Crippen LogP contribution in [0.5, 0.6) is 0 Å². The maximum Gasteiger partial charge on any atom is 0.135 e. The van der Waals surface area contributed by atoms with Crippen molar-refractivity contribution in [3.8, 4) is 55.6 Å². The number of fused-ring (bicyclic) bond motifs is 9. The summed E-state index contributed by atoms with van der Waals surface area (Å²) in [6.45, 7) is 0. The van der Waals surface area contributed by atoms with E-state index in [0.29, 0.717) is 0 Å². The highest BCUT2D eigenvalue weighted by molar-refractivity contribution is 6.07. The highest BCUT2D eigenvalue weighted by Gasteiger charge is 2.46. The zero-order chi connectivity index (χ0) is 50.2. The van der Waals surface area contributed by atoms with Gasteiger partial charge in [-0.05, 0) is 157 Å². The van der Waals surface area contributed by atoms with E-state index in [4.69, 9.17) is 8.83 Å². The molecule has 0 amide bonds. The molecular weight excluding hydrogens is 923 g/mol. The van der Waals surface area contributed by atoms with E-state index < -0.39 is 5.41 Å². The summed E-state index contributed by atoms with van der Waals surface area (Å²) in [5.74, 6) is 0. The Morgan fingerprint density at radius 1 is 0.237 bits per heavy atom. The summed E-state index contributed by atoms with van der Waals surface area (Å²) in [5.41, 5.74) is 23.2. The first-order valence-corrected chi connectivity index (χ1v) is 26.0. The van der Waals surface area contributed by atoms with E-state index in [1.165, 1.54) is 38.9 Å². The topological polar surface area (TPSA) is 29.5 Å². The fraction of sp³-hybridized carbons (Fsp3) is 0.0137. The third kappa shape index (κ3) is 7.05. The van der Waals surface area contributed by atoms with E-state index in [1.54, 1.807) is 0 Å². The molecule has 0 spiro atoms. The number of hydrogen-bond donors (Lipinski definition) is 0. The number of para-hydroxylation sites is 2. The van der Waals surface area contributed by atoms with E-state index in [2.05, 4.69) is 266 Å². The molecule has 2 aromatic heterocycles. The quantitative estimate of drug-likeness (QED) is 0.144. The zero-order valence-corrected chi connectivity index (χ0v) is 41.4. The fourth-order valence-corrected chi connectivity index (χ4v) is 12.2. The molecule has 2 heterocycles. The fourth-order valence-electron chi connectivity index (χ4n) is 12.2. The predicted octanol–water partition coefficient (Wildman–Crippen LogP) is 20.0. The first-order chi connectivity index (χ1) is 37.6. The second-order valence-electron chi connectivity index (χ2n) is 20.0. The van der Waals surface area contributed by atoms with E-state index in [0.717, 1.165) is 99.9 Å². The molecule has 356 valence electrons. The van der Waals surface area contributed by atoms with Gasteiger partial charge in [-0.2, -0.15) is 0 Å². The van der Waals surface area contributed by atoms with Crippen molar-refractivity contribution < 1.29 is 8.83 Å². The molecule has 1 aliphatic carbocycles. The lowest BCUT2D eigenvalue weighted by molar-refractivity contribution is 0.668. The average molecular weight is 970 g/mol. The van der Waals surface area contributed by atoms with Crippen molar-refractivity contribution in [3.63, 3.8) is 0 Å². The number of benzene rings is 12. The molecule has 14 aromatic rings. The summed E-state index contributed by atoms with van der Waals surface area (Å²) in [4.78, 5) is 2.40. The van der Waals surface area contributed by atoms with Crippen LogP contribution < -0.4 is 4.90 Å². The van der Waals surface area contributed by atoms with Crippen LogP contribution >= 0.6 is 0 Å². The molecule has 0 fully saturated rings. The number of anilines is 3. The Bertz CT molecular complexity index is 4450. The molecule has 0 radical (unpaired) electrons. The van der Waals surface area contributed by atoms with Gasteiger partial charge in [0.2, 0.25) is 0 Å². The molecule has 0 aliphatic heterocycles. The third-order valence-corrected chi connectivity index (χ3v) is 15.8. The normalized spacial score (nSPS) is 12.6. The lowest BCUT2D eigenvalue weighted by atomic mass is 9.68. The van der Waals surface area contributed by atoms with Crippen molar-refractivity contribution in [2.75, 3.05) is 4.90 Å². The van der Waals surface area contributed by atoms with Gasteiger partial charge in [0, 0.05) is 38.6 Å². The van der Waals surface area contributed by atoms with Crippen LogP contribution in [-0.2, 0) is 5.41 Å². The molecule has 1 aliphatic rings. The summed E-state index contributed by atoms with van der Waals surface area (Å²) in [6, 6.07) is 103. The molecule has 0 saturated carbocycles. The SMILES string of the molecule is c1ccc(C2(c3ccccc3)c3ccccc3-c3cc(N(c4ccc(-c5ccc(-c6ccc7oc8ccccc8c7c6)cc5)cc4)c4ccc(-c5cccc(-c6ccc7oc8ccccc8c7c6)c5)cc4)ccc32)cc1. The van der Waals surface area contributed by atoms with Crippen LogP contribution in [0.1, 0.15) is 22.3 Å². The predicted molar refractivity (Wildman–Crippen MR) is 315 cm³/mol. The third-order valence-electron chi connectivity index (χ3n) is 15.8. The number of rotatable bonds is 9. The molecular formula is C73H47NO2. The summed E-state index contributed by atoms with van der Waals surface area (Å²) >= 11 is 0. The van der Waals surface area contributed by atoms with Crippen LogP contribution in [0.25, 0.3) is 99.5 Å². The monoisotopic (exact) mass is 969 g/mol. The smallest absolute Gasteiger partial charge is 0.135 e. The van der Waals surface area contributed by atoms with Gasteiger partial charge < -0.3 is 13.7 Å². The molecule has 0 bridgehead atoms. The molecule has 15 rings (SSSR count). The highest BCUT2D eigenvalue weighted by Crippen LogP contribution is 2.57. The zero-order valence-electron chi connectivity index (χ0n) is 41.4. The Balaban J connectivity index is 0.815. The minimum atomic E-state index is -0.483. The Hall–Kier alpha value is -9.96. The van der Waals surface area contributed by atoms with E-state index in [-0.39, 0.29) is 0 Å². The van der Waals surface area contributed by atoms with Crippen molar-refractivity contribution in [2.45, 2.75) is 5.41 Å². The maximum atomic E-state index is 6.17. The molecule has 3 nitrogen and oxygen atoms in total. The van der Waals surface area contributed by atoms with Crippen LogP contribution in [0.15, 0.2) is 294 Å². The average Bonchev–Trinajstić information content (AvgIpc) is 4.32. The molecule has 0 saturated heterocycles. The number of furan rings is 2. The van der Waals surface area contributed by atoms with Gasteiger partial charge in [-0.25, -0.2) is 0 Å². The minimum Gasteiger partial charge on any atom is -0.456 e. The highest BCUT2D eigenvalue weighted by atomic mass is 16.3. The first kappa shape index (κ1) is 43.6. The van der Waals surface area contributed by atoms with Gasteiger partial charge in [0.15, 0.2) is 0 Å². The van der Waals surface area contributed by atoms with Gasteiger partial charge in [-0.3, -0.25) is 0 Å². The van der Waals surface area contributed by atoms with Crippen molar-refractivity contribution in [3.05, 3.63) is 307 Å². The van der Waals surface area contributed by atoms with Crippen LogP contribution in [0, 0.1) is 0 Å². The summed E-state index contributed by atoms with van der Waals surface area (Å²) in [6.07, 6.45) is 0. The summed E-state index contributed by atoms with van der Waals surface area (Å²) in [5, 5.41) is 4.53. The van der Waals surface area contributed by atoms with Crippen molar-refractivity contribution >= 4 is 60.9 Å². The number of hydrogen-bond acceptors (Lipinski definition) is 3. The summed E-state index contributed by atoms with van der Waals surface area (Å²) < 4.78 is 12.3. The molecule has 0 N–H and O–H groups in total. The van der Waals surface area contributed by atoms with E-state index in [1.807, 2.05) is 24.3 Å². The van der Waals surface area contributed by atoms with Crippen LogP contribution in [-0.4, -0.2) is 0 Å². The standard InChI is InChI=1S/C73H47NO2/c1-3-16-56(17-4-1)73(57-18-5-2-6-19-57)67-23-10-7-20-61(67)64-47-60(40-41-68(64)73)74(58-36-30-49(31-37-58)48-26-28-50(29-27-48)54-34-42-71-65(45-54)62-21-8-11-24-69(62)75-71)59-38-32-51(33-39-59)52-14-13-15-53(44-52)55-35-43-72-66(46-55)63-22-9-12-25-70(63)76-72/h1-47H. The number of nitrogens with zero attached hydrogens (tertiary/aromatic N) is 1. The van der Waals surface area contributed by atoms with Gasteiger partial charge in [0.25, 0.3) is 0 Å². The molecule has 12 aromatic carbocycles. The Labute approximate surface area is 440 Å². The van der Waals surface area contributed by atoms with Gasteiger partial charge in [0.1, 0.15) is 22.3 Å². The Kier molecular flexibility index (Phi) is 10.1. The first-order valence-electron chi connectivity index (χ1n) is 26.0. The van der Waals surface area contributed by atoms with Gasteiger partial charge >= 0.3 is 0 Å². The molecule has 3 heteroatoms. The maximum absolute atomic E-state index is 6.17. The van der Waals surface area contributed by atoms with E-state index >= 15 is 0 Å². The molecule has 76 heavy (non-hydrogen) atoms. The second-order valence-corrected chi connectivity index (χ2v) is 20.0. The molecule has 0 unspecified atom stereocenters. The lowest BCUT2D eigenvalue weighted by Crippen LogP contribution is -2.28. The largest absolute Gasteiger partial charge is 0.456 e. The van der Waals surface area contributed by atoms with Gasteiger partial charge in [0.05, 0.1) is 5.41 Å². The van der Waals surface area contributed by atoms with Crippen molar-refractivity contribution in [1.29, 1.82) is 0 Å². The van der Waals surface area contributed by atoms with E-state index in [9.17, 15) is 0 Å². The Morgan fingerprint density at radius 3 is 1.20 bits per heavy atom. The van der Waals surface area contributed by atoms with Crippen LogP contribution in [0.2, 0.25) is 0 Å². The van der Waals surface area contributed by atoms with Crippen LogP contribution in [0.4, 0.5) is 17.1 Å². The van der Waals surface area contributed by atoms with Gasteiger partial charge in [-0.15, -0.1) is 0 Å². The molecule has 0 atom stereocenters. The van der Waals surface area contributed by atoms with Crippen LogP contribution in [0.3, 0.4) is 0 Å². The van der Waals surface area contributed by atoms with Crippen molar-refractivity contribution in [2.24, 2.45) is 0 Å². The summed E-state index contributed by atoms with van der Waals surface area (Å²) in [7, 11) is 0. The van der Waals surface area contributed by atoms with Gasteiger partial charge in [-0.1, -0.05) is 206 Å².